The Balaban J connectivity index is 0.955. The van der Waals surface area contributed by atoms with Gasteiger partial charge in [0.1, 0.15) is 23.4 Å². The second-order valence-electron chi connectivity index (χ2n) is 18.0. The first-order valence-electron chi connectivity index (χ1n) is 22.2. The molecule has 4 amide bonds. The van der Waals surface area contributed by atoms with Gasteiger partial charge in [0.15, 0.2) is 0 Å². The minimum atomic E-state index is -0.785. The van der Waals surface area contributed by atoms with Gasteiger partial charge in [0.2, 0.25) is 5.91 Å². The summed E-state index contributed by atoms with van der Waals surface area (Å²) >= 11 is 0. The molecule has 3 N–H and O–H groups in total. The number of carbonyl (C=O) groups excluding carboxylic acids is 4. The monoisotopic (exact) mass is 853 g/mol. The Hall–Kier alpha value is -6.38. The highest BCUT2D eigenvalue weighted by atomic mass is 16.5. The fraction of sp³-hybridized carbons (Fsp3) is 0.458. The topological polar surface area (TPSA) is 188 Å². The first kappa shape index (κ1) is 41.9. The number of aromatic amines is 2. The van der Waals surface area contributed by atoms with E-state index >= 15 is 0 Å². The highest BCUT2D eigenvalue weighted by Crippen LogP contribution is 2.58. The number of hydrogen-bond donors (Lipinski definition) is 3. The van der Waals surface area contributed by atoms with Crippen LogP contribution in [-0.4, -0.2) is 97.8 Å². The van der Waals surface area contributed by atoms with Gasteiger partial charge in [-0.25, -0.2) is 19.6 Å². The van der Waals surface area contributed by atoms with Gasteiger partial charge in [-0.15, -0.1) is 0 Å². The van der Waals surface area contributed by atoms with Crippen molar-refractivity contribution in [1.82, 2.24) is 40.0 Å². The summed E-state index contributed by atoms with van der Waals surface area (Å²) in [5, 5.41) is 2.73. The molecule has 5 heterocycles. The fourth-order valence-corrected chi connectivity index (χ4v) is 10.4. The van der Waals surface area contributed by atoms with Gasteiger partial charge in [0, 0.05) is 36.3 Å². The van der Waals surface area contributed by atoms with Crippen LogP contribution in [0.1, 0.15) is 119 Å². The summed E-state index contributed by atoms with van der Waals surface area (Å²) in [6, 6.07) is 13.9. The van der Waals surface area contributed by atoms with Gasteiger partial charge in [-0.05, 0) is 109 Å². The molecule has 2 aromatic carbocycles. The number of nitrogens with one attached hydrogen (secondary N) is 3. The molecule has 0 radical (unpaired) electrons. The average molecular weight is 854 g/mol. The third-order valence-corrected chi connectivity index (χ3v) is 13.5. The summed E-state index contributed by atoms with van der Waals surface area (Å²) in [5.41, 5.74) is 11.0. The number of pyridine rings is 1. The quantitative estimate of drug-likeness (QED) is 0.116. The van der Waals surface area contributed by atoms with Crippen molar-refractivity contribution < 1.29 is 28.7 Å². The number of amides is 4. The molecule has 15 nitrogen and oxygen atoms in total. The number of H-pyrrole nitrogens is 2. The number of ether oxygens (including phenoxy) is 2. The van der Waals surface area contributed by atoms with E-state index in [0.29, 0.717) is 30.7 Å². The minimum Gasteiger partial charge on any atom is -0.453 e. The number of fused-ring (bicyclic) bond motifs is 6. The van der Waals surface area contributed by atoms with E-state index in [1.54, 1.807) is 11.1 Å². The molecule has 5 atom stereocenters. The van der Waals surface area contributed by atoms with Crippen molar-refractivity contribution in [2.45, 2.75) is 103 Å². The number of carbonyl (C=O) groups is 4. The lowest BCUT2D eigenvalue weighted by molar-refractivity contribution is -0.135. The Bertz CT molecular complexity index is 2610. The third kappa shape index (κ3) is 7.75. The Morgan fingerprint density at radius 2 is 1.48 bits per heavy atom. The summed E-state index contributed by atoms with van der Waals surface area (Å²) in [6.45, 7) is 8.66. The standard InChI is InChI=1S/C48H55N9O6/c1-25(2)41(54-47(60)62-5)45(58)56-19-7-9-37(56)43-50-24-36(53-43)30-14-17-33(49-23-30)32-16-15-31(39-28-11-12-29(21-28)40(32)39)27-13-18-34-35(22-27)52-44(51-34)38-10-8-20-57(38)46(59)42(26(3)4)55-48(61)63-6/h13-18,22-26,28-29,37-38,42H,7-12,19-21H2,1-6H3,(H,50,53)(H,51,52)(H,55,61)/b54-41+/t28?,29?,37-,38-,42-/m0/s1. The number of methoxy groups -OCH3 is 2. The van der Waals surface area contributed by atoms with E-state index in [4.69, 9.17) is 24.4 Å². The number of rotatable bonds is 10. The number of benzene rings is 2. The van der Waals surface area contributed by atoms with Crippen LogP contribution < -0.4 is 5.32 Å². The molecule has 4 aliphatic rings. The summed E-state index contributed by atoms with van der Waals surface area (Å²) in [7, 11) is 2.55. The molecular weight excluding hydrogens is 799 g/mol. The lowest BCUT2D eigenvalue weighted by Crippen LogP contribution is -2.51. The molecule has 5 aromatic rings. The molecular formula is C48H55N9O6. The van der Waals surface area contributed by atoms with E-state index < -0.39 is 18.2 Å². The van der Waals surface area contributed by atoms with E-state index in [9.17, 15) is 19.2 Å². The SMILES string of the molecule is COC(=O)/N=C(/C(=O)N1CCC[C@H]1c1ncc(-c2ccc(-c3ccc(-c4ccc5nc([C@@H]6CCCN6C(=O)[C@@H](NC(=O)OC)C(C)C)[nH]c5c4)c4c3C3CCC4C3)nc2)[nH]1)C(C)C. The van der Waals surface area contributed by atoms with Gasteiger partial charge in [-0.2, -0.15) is 4.99 Å². The Labute approximate surface area is 366 Å². The molecule has 2 bridgehead atoms. The van der Waals surface area contributed by atoms with Crippen LogP contribution in [0.4, 0.5) is 9.59 Å². The summed E-state index contributed by atoms with van der Waals surface area (Å²) in [6.07, 6.45) is 8.97. The molecule has 2 unspecified atom stereocenters. The zero-order chi connectivity index (χ0) is 44.1. The Kier molecular flexibility index (Phi) is 11.4. The number of hydrogen-bond acceptors (Lipinski definition) is 9. The lowest BCUT2D eigenvalue weighted by atomic mass is 9.82. The molecule has 15 heteroatoms. The lowest BCUT2D eigenvalue weighted by Gasteiger charge is -2.29. The normalized spacial score (nSPS) is 21.1. The maximum atomic E-state index is 13.8. The van der Waals surface area contributed by atoms with E-state index in [2.05, 4.69) is 62.7 Å². The van der Waals surface area contributed by atoms with Crippen molar-refractivity contribution in [2.24, 2.45) is 16.8 Å². The number of alkyl carbamates (subject to hydrolysis) is 1. The van der Waals surface area contributed by atoms with Crippen LogP contribution >= 0.6 is 0 Å². The van der Waals surface area contributed by atoms with Crippen LogP contribution in [0, 0.1) is 11.8 Å². The van der Waals surface area contributed by atoms with E-state index in [1.807, 2.05) is 38.8 Å². The van der Waals surface area contributed by atoms with Gasteiger partial charge in [0.25, 0.3) is 5.91 Å². The van der Waals surface area contributed by atoms with Gasteiger partial charge in [-0.1, -0.05) is 45.9 Å². The second-order valence-corrected chi connectivity index (χ2v) is 18.0. The maximum absolute atomic E-state index is 13.8. The molecule has 2 aliphatic heterocycles. The Morgan fingerprint density at radius 1 is 0.778 bits per heavy atom. The van der Waals surface area contributed by atoms with E-state index in [0.717, 1.165) is 71.5 Å². The van der Waals surface area contributed by atoms with Gasteiger partial charge in [0.05, 0.1) is 54.9 Å². The molecule has 3 fully saturated rings. The van der Waals surface area contributed by atoms with E-state index in [-0.39, 0.29) is 41.4 Å². The molecule has 0 spiro atoms. The predicted octanol–water partition coefficient (Wildman–Crippen LogP) is 8.62. The van der Waals surface area contributed by atoms with Gasteiger partial charge < -0.3 is 34.6 Å². The average Bonchev–Trinajstić information content (AvgIpc) is 4.16. The molecule has 2 aliphatic carbocycles. The minimum absolute atomic E-state index is 0.109. The highest BCUT2D eigenvalue weighted by Gasteiger charge is 2.41. The van der Waals surface area contributed by atoms with Crippen molar-refractivity contribution in [2.75, 3.05) is 27.3 Å². The first-order valence-corrected chi connectivity index (χ1v) is 22.2. The highest BCUT2D eigenvalue weighted by molar-refractivity contribution is 6.40. The zero-order valence-electron chi connectivity index (χ0n) is 36.7. The van der Waals surface area contributed by atoms with Crippen molar-refractivity contribution in [3.05, 3.63) is 77.6 Å². The van der Waals surface area contributed by atoms with Crippen LogP contribution in [0.25, 0.3) is 44.7 Å². The Morgan fingerprint density at radius 3 is 2.16 bits per heavy atom. The number of nitrogens with zero attached hydrogens (tertiary/aromatic N) is 6. The third-order valence-electron chi connectivity index (χ3n) is 13.5. The molecule has 3 aromatic heterocycles. The molecule has 328 valence electrons. The zero-order valence-corrected chi connectivity index (χ0v) is 36.7. The van der Waals surface area contributed by atoms with Crippen LogP contribution in [-0.2, 0) is 19.1 Å². The first-order chi connectivity index (χ1) is 30.4. The molecule has 1 saturated carbocycles. The van der Waals surface area contributed by atoms with Crippen LogP contribution in [0.2, 0.25) is 0 Å². The smallest absolute Gasteiger partial charge is 0.433 e. The van der Waals surface area contributed by atoms with Crippen molar-refractivity contribution >= 4 is 40.7 Å². The number of imidazole rings is 2. The second kappa shape index (κ2) is 17.1. The van der Waals surface area contributed by atoms with Gasteiger partial charge in [-0.3, -0.25) is 14.6 Å². The van der Waals surface area contributed by atoms with Crippen molar-refractivity contribution in [1.29, 1.82) is 0 Å². The summed E-state index contributed by atoms with van der Waals surface area (Å²) in [5.74, 6) is 1.66. The van der Waals surface area contributed by atoms with E-state index in [1.165, 1.54) is 49.3 Å². The van der Waals surface area contributed by atoms with Gasteiger partial charge >= 0.3 is 12.2 Å². The number of aromatic nitrogens is 5. The van der Waals surface area contributed by atoms with Crippen molar-refractivity contribution in [3.8, 4) is 33.6 Å². The molecule has 63 heavy (non-hydrogen) atoms. The van der Waals surface area contributed by atoms with Crippen LogP contribution in [0.15, 0.2) is 59.9 Å². The molecule has 9 rings (SSSR count). The number of aliphatic imine (C=N–C) groups is 1. The summed E-state index contributed by atoms with van der Waals surface area (Å²) in [4.78, 5) is 80.7. The van der Waals surface area contributed by atoms with Crippen LogP contribution in [0.5, 0.6) is 0 Å². The summed E-state index contributed by atoms with van der Waals surface area (Å²) < 4.78 is 9.52. The maximum Gasteiger partial charge on any atom is 0.433 e. The largest absolute Gasteiger partial charge is 0.453 e. The fourth-order valence-electron chi connectivity index (χ4n) is 10.4. The molecule has 2 saturated heterocycles. The number of likely N-dealkylation sites (tertiary alicyclic amines) is 2. The van der Waals surface area contributed by atoms with Crippen LogP contribution in [0.3, 0.4) is 0 Å². The predicted molar refractivity (Wildman–Crippen MR) is 238 cm³/mol. The van der Waals surface area contributed by atoms with Crippen molar-refractivity contribution in [3.63, 3.8) is 0 Å².